The molecule has 1 atom stereocenters. The summed E-state index contributed by atoms with van der Waals surface area (Å²) >= 11 is 0. The van der Waals surface area contributed by atoms with Crippen molar-refractivity contribution in [2.24, 2.45) is 0 Å². The smallest absolute Gasteiger partial charge is 0.255 e. The number of para-hydroxylation sites is 2. The number of nitrogens with zero attached hydrogens (tertiary/aromatic N) is 2. The summed E-state index contributed by atoms with van der Waals surface area (Å²) in [6.45, 7) is 1.28. The number of hydrogen-bond acceptors (Lipinski definition) is 4. The summed E-state index contributed by atoms with van der Waals surface area (Å²) in [4.78, 5) is 12.7. The quantitative estimate of drug-likeness (QED) is 0.725. The largest absolute Gasteiger partial charge is 0.489 e. The van der Waals surface area contributed by atoms with Gasteiger partial charge < -0.3 is 14.8 Å². The van der Waals surface area contributed by atoms with Gasteiger partial charge in [-0.25, -0.2) is 4.68 Å². The van der Waals surface area contributed by atoms with E-state index < -0.39 is 0 Å². The molecule has 6 heteroatoms. The van der Waals surface area contributed by atoms with Crippen LogP contribution in [0.3, 0.4) is 0 Å². The van der Waals surface area contributed by atoms with E-state index in [0.717, 1.165) is 25.1 Å². The van der Waals surface area contributed by atoms with Crippen LogP contribution in [-0.4, -0.2) is 35.0 Å². The molecular formula is C21H21N3O3. The Balaban J connectivity index is 1.47. The van der Waals surface area contributed by atoms with E-state index in [9.17, 15) is 4.79 Å². The zero-order valence-corrected chi connectivity index (χ0v) is 14.9. The molecule has 1 unspecified atom stereocenters. The summed E-state index contributed by atoms with van der Waals surface area (Å²) in [7, 11) is 0. The topological polar surface area (TPSA) is 65.4 Å². The Morgan fingerprint density at radius 1 is 1.22 bits per heavy atom. The Morgan fingerprint density at radius 3 is 2.96 bits per heavy atom. The van der Waals surface area contributed by atoms with E-state index in [4.69, 9.17) is 9.47 Å². The van der Waals surface area contributed by atoms with Crippen LogP contribution in [-0.2, 0) is 4.74 Å². The highest BCUT2D eigenvalue weighted by atomic mass is 16.5. The van der Waals surface area contributed by atoms with Crippen molar-refractivity contribution in [1.29, 1.82) is 0 Å². The van der Waals surface area contributed by atoms with Crippen LogP contribution in [0.5, 0.6) is 5.75 Å². The molecule has 0 spiro atoms. The highest BCUT2D eigenvalue weighted by Gasteiger charge is 2.17. The van der Waals surface area contributed by atoms with Gasteiger partial charge in [-0.15, -0.1) is 0 Å². The summed E-state index contributed by atoms with van der Waals surface area (Å²) < 4.78 is 13.2. The van der Waals surface area contributed by atoms with Gasteiger partial charge in [0.2, 0.25) is 0 Å². The van der Waals surface area contributed by atoms with Crippen LogP contribution < -0.4 is 10.1 Å². The minimum absolute atomic E-state index is 0.125. The van der Waals surface area contributed by atoms with Crippen molar-refractivity contribution < 1.29 is 14.3 Å². The standard InChI is InChI=1S/C21H21N3O3/c25-21(16-6-3-7-17(14-16)24-12-5-11-22-24)23-19-9-1-2-10-20(19)27-15-18-8-4-13-26-18/h1-3,5-7,9-12,14,18H,4,8,13,15H2,(H,23,25). The normalized spacial score (nSPS) is 16.2. The molecule has 2 heterocycles. The number of nitrogens with one attached hydrogen (secondary N) is 1. The van der Waals surface area contributed by atoms with Crippen molar-refractivity contribution in [2.45, 2.75) is 18.9 Å². The summed E-state index contributed by atoms with van der Waals surface area (Å²) in [5.74, 6) is 0.446. The van der Waals surface area contributed by atoms with Crippen LogP contribution in [0.4, 0.5) is 5.69 Å². The van der Waals surface area contributed by atoms with Crippen LogP contribution in [0.25, 0.3) is 5.69 Å². The molecule has 2 aromatic carbocycles. The van der Waals surface area contributed by atoms with Gasteiger partial charge in [0.25, 0.3) is 5.91 Å². The lowest BCUT2D eigenvalue weighted by Gasteiger charge is -2.15. The molecular weight excluding hydrogens is 342 g/mol. The molecule has 1 fully saturated rings. The number of ether oxygens (including phenoxy) is 2. The molecule has 4 rings (SSSR count). The molecule has 0 aliphatic carbocycles. The Labute approximate surface area is 157 Å². The molecule has 1 aromatic heterocycles. The first-order valence-electron chi connectivity index (χ1n) is 9.04. The maximum absolute atomic E-state index is 12.7. The van der Waals surface area contributed by atoms with Crippen molar-refractivity contribution in [2.75, 3.05) is 18.5 Å². The van der Waals surface area contributed by atoms with Gasteiger partial charge in [-0.05, 0) is 49.2 Å². The van der Waals surface area contributed by atoms with Crippen molar-refractivity contribution in [1.82, 2.24) is 9.78 Å². The third kappa shape index (κ3) is 4.17. The third-order valence-electron chi connectivity index (χ3n) is 4.46. The number of hydrogen-bond donors (Lipinski definition) is 1. The van der Waals surface area contributed by atoms with Crippen LogP contribution in [0.2, 0.25) is 0 Å². The second-order valence-corrected chi connectivity index (χ2v) is 6.40. The second kappa shape index (κ2) is 8.05. The zero-order chi connectivity index (χ0) is 18.5. The van der Waals surface area contributed by atoms with Gasteiger partial charge in [-0.1, -0.05) is 18.2 Å². The average Bonchev–Trinajstić information content (AvgIpc) is 3.41. The lowest BCUT2D eigenvalue weighted by Crippen LogP contribution is -2.18. The molecule has 1 N–H and O–H groups in total. The van der Waals surface area contributed by atoms with E-state index in [2.05, 4.69) is 10.4 Å². The Bertz CT molecular complexity index is 903. The van der Waals surface area contributed by atoms with Crippen LogP contribution >= 0.6 is 0 Å². The average molecular weight is 363 g/mol. The van der Waals surface area contributed by atoms with Crippen LogP contribution in [0, 0.1) is 0 Å². The maximum Gasteiger partial charge on any atom is 0.255 e. The molecule has 6 nitrogen and oxygen atoms in total. The number of carbonyl (C=O) groups is 1. The zero-order valence-electron chi connectivity index (χ0n) is 14.9. The predicted molar refractivity (Wildman–Crippen MR) is 102 cm³/mol. The first kappa shape index (κ1) is 17.3. The summed E-state index contributed by atoms with van der Waals surface area (Å²) in [6, 6.07) is 16.6. The number of benzene rings is 2. The second-order valence-electron chi connectivity index (χ2n) is 6.40. The molecule has 1 aliphatic rings. The maximum atomic E-state index is 12.7. The highest BCUT2D eigenvalue weighted by Crippen LogP contribution is 2.26. The van der Waals surface area contributed by atoms with Gasteiger partial charge in [-0.2, -0.15) is 5.10 Å². The minimum Gasteiger partial charge on any atom is -0.489 e. The third-order valence-corrected chi connectivity index (χ3v) is 4.46. The lowest BCUT2D eigenvalue weighted by atomic mass is 10.2. The fourth-order valence-corrected chi connectivity index (χ4v) is 3.06. The van der Waals surface area contributed by atoms with Gasteiger partial charge in [0.1, 0.15) is 12.4 Å². The molecule has 1 amide bonds. The van der Waals surface area contributed by atoms with Crippen molar-refractivity contribution in [3.05, 3.63) is 72.6 Å². The van der Waals surface area contributed by atoms with E-state index in [1.54, 1.807) is 23.0 Å². The molecule has 1 saturated heterocycles. The van der Waals surface area contributed by atoms with E-state index >= 15 is 0 Å². The fourth-order valence-electron chi connectivity index (χ4n) is 3.06. The van der Waals surface area contributed by atoms with Gasteiger partial charge in [0.05, 0.1) is 17.5 Å². The monoisotopic (exact) mass is 363 g/mol. The van der Waals surface area contributed by atoms with Crippen molar-refractivity contribution in [3.8, 4) is 11.4 Å². The number of aromatic nitrogens is 2. The number of amides is 1. The van der Waals surface area contributed by atoms with Gasteiger partial charge in [0.15, 0.2) is 0 Å². The van der Waals surface area contributed by atoms with Crippen molar-refractivity contribution >= 4 is 11.6 Å². The van der Waals surface area contributed by atoms with Gasteiger partial charge in [-0.3, -0.25) is 4.79 Å². The van der Waals surface area contributed by atoms with Crippen LogP contribution in [0.1, 0.15) is 23.2 Å². The van der Waals surface area contributed by atoms with E-state index in [-0.39, 0.29) is 12.0 Å². The summed E-state index contributed by atoms with van der Waals surface area (Å²) in [6.07, 6.45) is 5.74. The molecule has 27 heavy (non-hydrogen) atoms. The molecule has 0 saturated carbocycles. The first-order valence-corrected chi connectivity index (χ1v) is 9.04. The van der Waals surface area contributed by atoms with E-state index in [1.165, 1.54) is 0 Å². The Morgan fingerprint density at radius 2 is 2.15 bits per heavy atom. The molecule has 1 aliphatic heterocycles. The minimum atomic E-state index is -0.197. The van der Waals surface area contributed by atoms with E-state index in [1.807, 2.05) is 48.7 Å². The van der Waals surface area contributed by atoms with E-state index in [0.29, 0.717) is 23.6 Å². The number of rotatable bonds is 6. The number of anilines is 1. The number of carbonyl (C=O) groups excluding carboxylic acids is 1. The summed E-state index contributed by atoms with van der Waals surface area (Å²) in [5.41, 5.74) is 2.03. The summed E-state index contributed by atoms with van der Waals surface area (Å²) in [5, 5.41) is 7.14. The Kier molecular flexibility index (Phi) is 5.16. The molecule has 138 valence electrons. The van der Waals surface area contributed by atoms with Gasteiger partial charge >= 0.3 is 0 Å². The lowest BCUT2D eigenvalue weighted by molar-refractivity contribution is 0.0682. The van der Waals surface area contributed by atoms with Gasteiger partial charge in [0, 0.05) is 24.6 Å². The van der Waals surface area contributed by atoms with Crippen LogP contribution in [0.15, 0.2) is 67.0 Å². The predicted octanol–water partition coefficient (Wildman–Crippen LogP) is 3.68. The highest BCUT2D eigenvalue weighted by molar-refractivity contribution is 6.05. The van der Waals surface area contributed by atoms with Crippen molar-refractivity contribution in [3.63, 3.8) is 0 Å². The fraction of sp³-hybridized carbons (Fsp3) is 0.238. The first-order chi connectivity index (χ1) is 13.3. The molecule has 3 aromatic rings. The Hall–Kier alpha value is -3.12. The molecule has 0 bridgehead atoms. The molecule has 0 radical (unpaired) electrons. The SMILES string of the molecule is O=C(Nc1ccccc1OCC1CCCO1)c1cccc(-n2cccn2)c1.